The molecule has 0 radical (unpaired) electrons. The molecule has 1 amide bonds. The van der Waals surface area contributed by atoms with E-state index in [0.717, 1.165) is 30.9 Å². The van der Waals surface area contributed by atoms with Gasteiger partial charge in [0.1, 0.15) is 5.69 Å². The van der Waals surface area contributed by atoms with Crippen LogP contribution in [0.5, 0.6) is 0 Å². The van der Waals surface area contributed by atoms with Crippen molar-refractivity contribution in [3.8, 4) is 16.9 Å². The van der Waals surface area contributed by atoms with Gasteiger partial charge in [-0.15, -0.1) is 0 Å². The van der Waals surface area contributed by atoms with Gasteiger partial charge < -0.3 is 10.2 Å². The molecule has 0 saturated heterocycles. The normalized spacial score (nSPS) is 10.9. The molecule has 0 saturated carbocycles. The molecule has 140 valence electrons. The molecule has 3 aromatic rings. The lowest BCUT2D eigenvalue weighted by Gasteiger charge is -2.17. The molecule has 0 aliphatic rings. The lowest BCUT2D eigenvalue weighted by atomic mass is 10.1. The minimum Gasteiger partial charge on any atom is -0.351 e. The molecule has 1 N–H and O–H groups in total. The number of aromatic nitrogens is 2. The molecule has 5 heteroatoms. The molecule has 3 rings (SSSR count). The van der Waals surface area contributed by atoms with Gasteiger partial charge in [-0.3, -0.25) is 4.79 Å². The number of amides is 1. The summed E-state index contributed by atoms with van der Waals surface area (Å²) in [7, 11) is 0. The number of carbonyl (C=O) groups excluding carboxylic acids is 1. The molecule has 0 aliphatic carbocycles. The second-order valence-electron chi connectivity index (χ2n) is 6.32. The fraction of sp³-hybridized carbons (Fsp3) is 0.273. The minimum absolute atomic E-state index is 0.0943. The Morgan fingerprint density at radius 3 is 2.26 bits per heavy atom. The maximum Gasteiger partial charge on any atom is 0.255 e. The smallest absolute Gasteiger partial charge is 0.255 e. The van der Waals surface area contributed by atoms with Crippen LogP contribution in [0, 0.1) is 0 Å². The van der Waals surface area contributed by atoms with Crippen LogP contribution >= 0.6 is 0 Å². The van der Waals surface area contributed by atoms with Crippen LogP contribution in [0.15, 0.2) is 66.9 Å². The summed E-state index contributed by atoms with van der Waals surface area (Å²) in [6.45, 7) is 7.67. The summed E-state index contributed by atoms with van der Waals surface area (Å²) in [5, 5.41) is 7.73. The third kappa shape index (κ3) is 4.63. The molecule has 0 unspecified atom stereocenters. The monoisotopic (exact) mass is 362 g/mol. The average molecular weight is 362 g/mol. The summed E-state index contributed by atoms with van der Waals surface area (Å²) in [5.74, 6) is -0.0943. The number of hydrogen-bond acceptors (Lipinski definition) is 3. The van der Waals surface area contributed by atoms with Gasteiger partial charge in [-0.1, -0.05) is 62.4 Å². The fourth-order valence-corrected chi connectivity index (χ4v) is 3.02. The Morgan fingerprint density at radius 1 is 1.00 bits per heavy atom. The van der Waals surface area contributed by atoms with E-state index in [1.165, 1.54) is 0 Å². The van der Waals surface area contributed by atoms with Crippen LogP contribution in [0.2, 0.25) is 0 Å². The molecular formula is C22H26N4O. The van der Waals surface area contributed by atoms with E-state index in [0.29, 0.717) is 17.8 Å². The van der Waals surface area contributed by atoms with Gasteiger partial charge in [0.25, 0.3) is 5.91 Å². The summed E-state index contributed by atoms with van der Waals surface area (Å²) in [6, 6.07) is 19.7. The molecule has 1 aromatic heterocycles. The van der Waals surface area contributed by atoms with Crippen LogP contribution in [0.1, 0.15) is 24.2 Å². The Kier molecular flexibility index (Phi) is 6.39. The number of benzene rings is 2. The minimum atomic E-state index is -0.0943. The van der Waals surface area contributed by atoms with Crippen LogP contribution in [-0.2, 0) is 0 Å². The molecule has 1 heterocycles. The van der Waals surface area contributed by atoms with E-state index in [2.05, 4.69) is 24.1 Å². The highest BCUT2D eigenvalue weighted by molar-refractivity contribution is 5.99. The van der Waals surface area contributed by atoms with E-state index in [-0.39, 0.29) is 5.91 Å². The van der Waals surface area contributed by atoms with Crippen molar-refractivity contribution in [2.45, 2.75) is 13.8 Å². The first-order chi connectivity index (χ1) is 13.2. The molecule has 5 nitrogen and oxygen atoms in total. The van der Waals surface area contributed by atoms with E-state index in [9.17, 15) is 4.79 Å². The second-order valence-corrected chi connectivity index (χ2v) is 6.32. The summed E-state index contributed by atoms with van der Waals surface area (Å²) < 4.78 is 1.77. The van der Waals surface area contributed by atoms with Crippen molar-refractivity contribution in [3.05, 3.63) is 72.4 Å². The zero-order valence-corrected chi connectivity index (χ0v) is 15.9. The molecule has 0 fully saturated rings. The number of nitrogens with zero attached hydrogens (tertiary/aromatic N) is 3. The highest BCUT2D eigenvalue weighted by Gasteiger charge is 2.18. The van der Waals surface area contributed by atoms with Crippen molar-refractivity contribution in [3.63, 3.8) is 0 Å². The number of likely N-dealkylation sites (N-methyl/N-ethyl adjacent to an activating group) is 1. The third-order valence-electron chi connectivity index (χ3n) is 4.63. The second kappa shape index (κ2) is 9.14. The quantitative estimate of drug-likeness (QED) is 0.666. The topological polar surface area (TPSA) is 50.2 Å². The Balaban J connectivity index is 1.86. The Bertz CT molecular complexity index is 855. The van der Waals surface area contributed by atoms with E-state index in [1.54, 1.807) is 4.68 Å². The number of nitrogens with one attached hydrogen (secondary N) is 1. The predicted octanol–water partition coefficient (Wildman–Crippen LogP) is 3.61. The first kappa shape index (κ1) is 18.9. The molecule has 0 spiro atoms. The third-order valence-corrected chi connectivity index (χ3v) is 4.63. The number of carbonyl (C=O) groups is 1. The van der Waals surface area contributed by atoms with E-state index < -0.39 is 0 Å². The molecule has 0 aliphatic heterocycles. The lowest BCUT2D eigenvalue weighted by Crippen LogP contribution is -2.34. The lowest BCUT2D eigenvalue weighted by molar-refractivity contribution is 0.0949. The van der Waals surface area contributed by atoms with Crippen molar-refractivity contribution >= 4 is 5.91 Å². The first-order valence-corrected chi connectivity index (χ1v) is 9.44. The van der Waals surface area contributed by atoms with Gasteiger partial charge in [-0.05, 0) is 25.2 Å². The van der Waals surface area contributed by atoms with Crippen LogP contribution in [0.3, 0.4) is 0 Å². The van der Waals surface area contributed by atoms with E-state index in [4.69, 9.17) is 5.10 Å². The summed E-state index contributed by atoms with van der Waals surface area (Å²) in [4.78, 5) is 15.1. The maximum absolute atomic E-state index is 12.9. The van der Waals surface area contributed by atoms with Crippen LogP contribution in [-0.4, -0.2) is 46.8 Å². The predicted molar refractivity (Wildman–Crippen MR) is 109 cm³/mol. The number of rotatable bonds is 8. The summed E-state index contributed by atoms with van der Waals surface area (Å²) >= 11 is 0. The zero-order chi connectivity index (χ0) is 19.1. The fourth-order valence-electron chi connectivity index (χ4n) is 3.02. The summed E-state index contributed by atoms with van der Waals surface area (Å²) in [5.41, 5.74) is 3.14. The molecule has 0 bridgehead atoms. The molecular weight excluding hydrogens is 336 g/mol. The molecule has 2 aromatic carbocycles. The Labute approximate surface area is 160 Å². The van der Waals surface area contributed by atoms with Crippen molar-refractivity contribution in [1.29, 1.82) is 0 Å². The van der Waals surface area contributed by atoms with Crippen LogP contribution in [0.25, 0.3) is 16.9 Å². The maximum atomic E-state index is 12.9. The van der Waals surface area contributed by atoms with Crippen molar-refractivity contribution in [2.75, 3.05) is 26.2 Å². The van der Waals surface area contributed by atoms with Crippen LogP contribution in [0.4, 0.5) is 0 Å². The zero-order valence-electron chi connectivity index (χ0n) is 15.9. The first-order valence-electron chi connectivity index (χ1n) is 9.44. The standard InChI is InChI=1S/C22H26N4O/c1-3-25(4-2)16-15-23-22(27)20-17-26(19-13-9-6-10-14-19)24-21(20)18-11-7-5-8-12-18/h5-14,17H,3-4,15-16H2,1-2H3,(H,23,27). The SMILES string of the molecule is CCN(CC)CCNC(=O)c1cn(-c2ccccc2)nc1-c1ccccc1. The van der Waals surface area contributed by atoms with Gasteiger partial charge in [0.05, 0.1) is 11.3 Å². The average Bonchev–Trinajstić information content (AvgIpc) is 3.18. The van der Waals surface area contributed by atoms with Gasteiger partial charge in [0.2, 0.25) is 0 Å². The summed E-state index contributed by atoms with van der Waals surface area (Å²) in [6.07, 6.45) is 1.81. The van der Waals surface area contributed by atoms with Crippen molar-refractivity contribution in [1.82, 2.24) is 20.0 Å². The van der Waals surface area contributed by atoms with Crippen molar-refractivity contribution in [2.24, 2.45) is 0 Å². The highest BCUT2D eigenvalue weighted by Crippen LogP contribution is 2.23. The number of para-hydroxylation sites is 1. The van der Waals surface area contributed by atoms with Crippen molar-refractivity contribution < 1.29 is 4.79 Å². The molecule has 27 heavy (non-hydrogen) atoms. The van der Waals surface area contributed by atoms with Gasteiger partial charge in [0, 0.05) is 24.8 Å². The van der Waals surface area contributed by atoms with Gasteiger partial charge in [-0.2, -0.15) is 5.10 Å². The molecule has 0 atom stereocenters. The largest absolute Gasteiger partial charge is 0.351 e. The van der Waals surface area contributed by atoms with E-state index >= 15 is 0 Å². The van der Waals surface area contributed by atoms with Crippen LogP contribution < -0.4 is 5.32 Å². The van der Waals surface area contributed by atoms with Gasteiger partial charge >= 0.3 is 0 Å². The van der Waals surface area contributed by atoms with Gasteiger partial charge in [-0.25, -0.2) is 4.68 Å². The highest BCUT2D eigenvalue weighted by atomic mass is 16.1. The van der Waals surface area contributed by atoms with Gasteiger partial charge in [0.15, 0.2) is 0 Å². The Morgan fingerprint density at radius 2 is 1.63 bits per heavy atom. The van der Waals surface area contributed by atoms with E-state index in [1.807, 2.05) is 66.9 Å². The Hall–Kier alpha value is -2.92. The number of hydrogen-bond donors (Lipinski definition) is 1.